The number of carbonyl (C=O) groups is 2. The zero-order chi connectivity index (χ0) is 24.1. The van der Waals surface area contributed by atoms with Crippen LogP contribution < -0.4 is 15.2 Å². The van der Waals surface area contributed by atoms with Crippen molar-refractivity contribution in [2.75, 3.05) is 17.2 Å². The van der Waals surface area contributed by atoms with Gasteiger partial charge in [0, 0.05) is 22.0 Å². The van der Waals surface area contributed by atoms with Gasteiger partial charge in [0.2, 0.25) is 0 Å². The first-order valence-electron chi connectivity index (χ1n) is 9.91. The highest BCUT2D eigenvalue weighted by Crippen LogP contribution is 2.33. The third-order valence-corrected chi connectivity index (χ3v) is 6.64. The van der Waals surface area contributed by atoms with Crippen LogP contribution in [0, 0.1) is 13.8 Å². The van der Waals surface area contributed by atoms with Crippen LogP contribution in [-0.2, 0) is 22.2 Å². The lowest BCUT2D eigenvalue weighted by Crippen LogP contribution is -2.40. The minimum Gasteiger partial charge on any atom is -0.756 e. The summed E-state index contributed by atoms with van der Waals surface area (Å²) in [5, 5.41) is 7.22. The fraction of sp³-hybridized carbons (Fsp3) is 0.174. The van der Waals surface area contributed by atoms with Crippen LogP contribution in [0.5, 0.6) is 0 Å². The molecule has 1 amide bonds. The molecule has 0 saturated heterocycles. The minimum absolute atomic E-state index is 0.135. The number of aromatic nitrogens is 1. The Morgan fingerprint density at radius 2 is 1.82 bits per heavy atom. The molecule has 0 fully saturated rings. The Labute approximate surface area is 211 Å². The molecule has 172 valence electrons. The van der Waals surface area contributed by atoms with Gasteiger partial charge in [0.15, 0.2) is 12.4 Å². The van der Waals surface area contributed by atoms with Crippen molar-refractivity contribution >= 4 is 75.4 Å². The predicted octanol–water partition coefficient (Wildman–Crippen LogP) is 5.56. The Kier molecular flexibility index (Phi) is 8.31. The van der Waals surface area contributed by atoms with E-state index in [1.807, 2.05) is 19.9 Å². The molecule has 2 aromatic heterocycles. The van der Waals surface area contributed by atoms with Gasteiger partial charge in [0.1, 0.15) is 5.00 Å². The van der Waals surface area contributed by atoms with E-state index in [4.69, 9.17) is 40.6 Å². The number of halogens is 2. The fourth-order valence-corrected chi connectivity index (χ4v) is 4.79. The van der Waals surface area contributed by atoms with E-state index in [1.165, 1.54) is 11.3 Å². The second kappa shape index (κ2) is 11.0. The zero-order valence-corrected chi connectivity index (χ0v) is 21.2. The number of ether oxygens (including phenoxy) is 1. The smallest absolute Gasteiger partial charge is 0.341 e. The molecular formula is C23H21Cl2N3O3S2. The fourth-order valence-electron chi connectivity index (χ4n) is 2.98. The van der Waals surface area contributed by atoms with Crippen molar-refractivity contribution in [1.29, 1.82) is 0 Å². The molecular weight excluding hydrogens is 501 g/mol. The summed E-state index contributed by atoms with van der Waals surface area (Å²) in [5.74, 6) is -0.988. The Morgan fingerprint density at radius 3 is 2.45 bits per heavy atom. The summed E-state index contributed by atoms with van der Waals surface area (Å²) in [6, 6.07) is 10.3. The van der Waals surface area contributed by atoms with Gasteiger partial charge in [-0.2, -0.15) is 4.57 Å². The Morgan fingerprint density at radius 1 is 1.12 bits per heavy atom. The summed E-state index contributed by atoms with van der Waals surface area (Å²) < 4.78 is 6.77. The molecule has 3 aromatic rings. The highest BCUT2D eigenvalue weighted by atomic mass is 35.5. The van der Waals surface area contributed by atoms with Gasteiger partial charge in [-0.15, -0.1) is 11.3 Å². The van der Waals surface area contributed by atoms with E-state index in [0.29, 0.717) is 26.3 Å². The van der Waals surface area contributed by atoms with Crippen molar-refractivity contribution in [3.63, 3.8) is 0 Å². The average Bonchev–Trinajstić information content (AvgIpc) is 3.04. The van der Waals surface area contributed by atoms with Crippen molar-refractivity contribution in [2.45, 2.75) is 20.8 Å². The molecule has 10 heteroatoms. The van der Waals surface area contributed by atoms with Gasteiger partial charge in [-0.05, 0) is 49.6 Å². The maximum atomic E-state index is 13.4. The van der Waals surface area contributed by atoms with Crippen molar-refractivity contribution in [1.82, 2.24) is 0 Å². The molecule has 3 rings (SSSR count). The molecule has 1 aromatic carbocycles. The molecule has 0 aliphatic carbocycles. The van der Waals surface area contributed by atoms with Crippen LogP contribution in [0.2, 0.25) is 10.0 Å². The number of hydrogen-bond acceptors (Lipinski definition) is 6. The van der Waals surface area contributed by atoms with E-state index >= 15 is 0 Å². The topological polar surface area (TPSA) is 71.3 Å². The molecule has 0 bridgehead atoms. The minimum atomic E-state index is -0.499. The van der Waals surface area contributed by atoms with Gasteiger partial charge in [-0.1, -0.05) is 29.3 Å². The maximum absolute atomic E-state index is 13.4. The van der Waals surface area contributed by atoms with Crippen LogP contribution >= 0.6 is 34.5 Å². The zero-order valence-electron chi connectivity index (χ0n) is 18.1. The molecule has 0 aliphatic heterocycles. The molecule has 6 nitrogen and oxygen atoms in total. The maximum Gasteiger partial charge on any atom is 0.341 e. The number of nitrogens with one attached hydrogen (secondary N) is 2. The number of anilines is 2. The number of thiophene rings is 1. The number of rotatable bonds is 7. The van der Waals surface area contributed by atoms with Gasteiger partial charge in [0.05, 0.1) is 22.9 Å². The van der Waals surface area contributed by atoms with Gasteiger partial charge in [0.25, 0.3) is 5.70 Å². The largest absolute Gasteiger partial charge is 0.756 e. The number of amides is 1. The van der Waals surface area contributed by atoms with E-state index in [-0.39, 0.29) is 17.3 Å². The molecule has 33 heavy (non-hydrogen) atoms. The third kappa shape index (κ3) is 5.83. The molecule has 2 N–H and O–H groups in total. The number of nitrogens with zero attached hydrogens (tertiary/aromatic N) is 1. The summed E-state index contributed by atoms with van der Waals surface area (Å²) in [6.45, 7) is 5.66. The molecule has 0 saturated carbocycles. The van der Waals surface area contributed by atoms with Gasteiger partial charge in [-0.25, -0.2) is 4.79 Å². The van der Waals surface area contributed by atoms with Crippen LogP contribution in [0.4, 0.5) is 10.7 Å². The lowest BCUT2D eigenvalue weighted by molar-refractivity contribution is -0.577. The van der Waals surface area contributed by atoms with Crippen LogP contribution in [0.15, 0.2) is 53.8 Å². The monoisotopic (exact) mass is 521 g/mol. The molecule has 0 spiro atoms. The van der Waals surface area contributed by atoms with Crippen molar-refractivity contribution < 1.29 is 18.9 Å². The first kappa shape index (κ1) is 25.0. The van der Waals surface area contributed by atoms with Crippen molar-refractivity contribution in [3.05, 3.63) is 79.9 Å². The number of pyridine rings is 1. The Balaban J connectivity index is 2.03. The van der Waals surface area contributed by atoms with Gasteiger partial charge >= 0.3 is 11.9 Å². The summed E-state index contributed by atoms with van der Waals surface area (Å²) in [7, 11) is 0. The third-order valence-electron chi connectivity index (χ3n) is 4.68. The van der Waals surface area contributed by atoms with Gasteiger partial charge in [-0.3, -0.25) is 4.79 Å². The van der Waals surface area contributed by atoms with E-state index < -0.39 is 11.9 Å². The molecule has 0 unspecified atom stereocenters. The first-order valence-corrected chi connectivity index (χ1v) is 11.9. The lowest BCUT2D eigenvalue weighted by Gasteiger charge is -2.18. The number of benzene rings is 1. The summed E-state index contributed by atoms with van der Waals surface area (Å²) in [4.78, 5) is 26.9. The van der Waals surface area contributed by atoms with E-state index in [1.54, 1.807) is 54.2 Å². The summed E-state index contributed by atoms with van der Waals surface area (Å²) in [6.07, 6.45) is 3.40. The molecule has 0 radical (unpaired) electrons. The number of hydrogen-bond donors (Lipinski definition) is 2. The predicted molar refractivity (Wildman–Crippen MR) is 136 cm³/mol. The molecule has 0 atom stereocenters. The van der Waals surface area contributed by atoms with Crippen molar-refractivity contribution in [2.24, 2.45) is 0 Å². The standard InChI is InChI=1S/C23H21Cl2N3O3S2/c1-4-31-23(30)18-13(2)14(3)33-22(18)27-20(29)19(28-10-6-5-7-11-28)21(32)26-17-9-8-15(24)12-16(17)25/h5-12H,4H2,1-3H3,(H2-,26,27,29,30,32). The van der Waals surface area contributed by atoms with Crippen LogP contribution in [0.25, 0.3) is 5.70 Å². The highest BCUT2D eigenvalue weighted by Gasteiger charge is 2.27. The molecule has 0 aliphatic rings. The lowest BCUT2D eigenvalue weighted by atomic mass is 10.1. The van der Waals surface area contributed by atoms with Crippen LogP contribution in [0.3, 0.4) is 0 Å². The Bertz CT molecular complexity index is 1230. The quantitative estimate of drug-likeness (QED) is 0.184. The second-order valence-corrected chi connectivity index (χ2v) is 9.35. The second-order valence-electron chi connectivity index (χ2n) is 6.87. The molecule has 2 heterocycles. The van der Waals surface area contributed by atoms with Crippen molar-refractivity contribution in [3.8, 4) is 0 Å². The summed E-state index contributed by atoms with van der Waals surface area (Å²) in [5.41, 5.74) is 1.75. The van der Waals surface area contributed by atoms with Gasteiger partial charge < -0.3 is 28.0 Å². The number of esters is 1. The van der Waals surface area contributed by atoms with Crippen LogP contribution in [-0.4, -0.2) is 18.5 Å². The van der Waals surface area contributed by atoms with E-state index in [2.05, 4.69) is 10.6 Å². The van der Waals surface area contributed by atoms with Crippen LogP contribution in [0.1, 0.15) is 27.7 Å². The van der Waals surface area contributed by atoms with E-state index in [0.717, 1.165) is 10.4 Å². The number of carbonyl (C=O) groups excluding carboxylic acids is 2. The SMILES string of the molecule is CCOC(=O)c1c(NC(=O)C(=C([S-])Nc2ccc(Cl)cc2Cl)[n+]2ccccc2)sc(C)c1C. The highest BCUT2D eigenvalue weighted by molar-refractivity contribution is 7.64. The average molecular weight is 522 g/mol. The normalized spacial score (nSPS) is 11.5. The Hall–Kier alpha value is -2.65. The first-order chi connectivity index (χ1) is 15.7. The summed E-state index contributed by atoms with van der Waals surface area (Å²) >= 11 is 19.1. The number of aryl methyl sites for hydroxylation is 1. The van der Waals surface area contributed by atoms with E-state index in [9.17, 15) is 9.59 Å².